The molecular formula is C24H31N5S. The Balaban J connectivity index is 1.37. The highest BCUT2D eigenvalue weighted by molar-refractivity contribution is 8.02. The van der Waals surface area contributed by atoms with Gasteiger partial charge >= 0.3 is 0 Å². The van der Waals surface area contributed by atoms with Gasteiger partial charge in [-0.2, -0.15) is 5.10 Å². The summed E-state index contributed by atoms with van der Waals surface area (Å²) < 4.78 is 2.18. The summed E-state index contributed by atoms with van der Waals surface area (Å²) in [5.74, 6) is 0. The van der Waals surface area contributed by atoms with Crippen molar-refractivity contribution in [3.05, 3.63) is 65.1 Å². The fourth-order valence-electron chi connectivity index (χ4n) is 4.87. The van der Waals surface area contributed by atoms with Gasteiger partial charge < -0.3 is 9.88 Å². The molecule has 1 N–H and O–H groups in total. The monoisotopic (exact) mass is 421 g/mol. The van der Waals surface area contributed by atoms with E-state index in [0.29, 0.717) is 11.5 Å². The lowest BCUT2D eigenvalue weighted by Crippen LogP contribution is -2.49. The van der Waals surface area contributed by atoms with Crippen molar-refractivity contribution in [2.45, 2.75) is 64.2 Å². The lowest BCUT2D eigenvalue weighted by molar-refractivity contribution is 0.0847. The van der Waals surface area contributed by atoms with Gasteiger partial charge in [-0.3, -0.25) is 9.58 Å². The van der Waals surface area contributed by atoms with E-state index in [0.717, 1.165) is 31.7 Å². The van der Waals surface area contributed by atoms with Crippen LogP contribution in [0.2, 0.25) is 0 Å². The van der Waals surface area contributed by atoms with E-state index in [1.54, 1.807) is 0 Å². The molecule has 0 bridgehead atoms. The fraction of sp³-hybridized carbons (Fsp3) is 0.458. The smallest absolute Gasteiger partial charge is 0.135 e. The summed E-state index contributed by atoms with van der Waals surface area (Å²) in [5.41, 5.74) is 5.52. The minimum absolute atomic E-state index is 0.376. The molecule has 0 saturated heterocycles. The molecule has 0 spiro atoms. The second-order valence-electron chi connectivity index (χ2n) is 8.53. The van der Waals surface area contributed by atoms with Crippen molar-refractivity contribution in [2.24, 2.45) is 0 Å². The highest BCUT2D eigenvalue weighted by atomic mass is 32.2. The van der Waals surface area contributed by atoms with E-state index in [9.17, 15) is 0 Å². The minimum Gasteiger partial charge on any atom is -0.361 e. The molecule has 2 aliphatic heterocycles. The van der Waals surface area contributed by atoms with Crippen molar-refractivity contribution in [2.75, 3.05) is 6.54 Å². The zero-order chi connectivity index (χ0) is 20.5. The number of aromatic amines is 1. The molecule has 0 radical (unpaired) electrons. The summed E-state index contributed by atoms with van der Waals surface area (Å²) in [7, 11) is 0. The number of H-pyrrole nitrogens is 1. The number of unbranched alkanes of at least 4 members (excludes halogenated alkanes) is 1. The van der Waals surface area contributed by atoms with Crippen LogP contribution in [-0.2, 0) is 19.5 Å². The number of fused-ring (bicyclic) bond motifs is 2. The van der Waals surface area contributed by atoms with Crippen molar-refractivity contribution in [3.8, 4) is 0 Å². The van der Waals surface area contributed by atoms with Gasteiger partial charge in [-0.15, -0.1) is 0 Å². The van der Waals surface area contributed by atoms with Crippen molar-refractivity contribution >= 4 is 22.7 Å². The van der Waals surface area contributed by atoms with Crippen LogP contribution >= 0.6 is 11.8 Å². The Morgan fingerprint density at radius 1 is 1.27 bits per heavy atom. The maximum atomic E-state index is 4.64. The molecule has 3 aromatic rings. The number of thioether (sulfide) groups is 1. The van der Waals surface area contributed by atoms with Gasteiger partial charge in [0.25, 0.3) is 0 Å². The summed E-state index contributed by atoms with van der Waals surface area (Å²) in [6, 6.07) is 11.4. The second kappa shape index (κ2) is 8.52. The van der Waals surface area contributed by atoms with Gasteiger partial charge in [0.2, 0.25) is 0 Å². The predicted octanol–water partition coefficient (Wildman–Crippen LogP) is 5.09. The number of para-hydroxylation sites is 1. The molecular weight excluding hydrogens is 390 g/mol. The molecule has 5 rings (SSSR count). The largest absolute Gasteiger partial charge is 0.361 e. The first-order valence-corrected chi connectivity index (χ1v) is 12.1. The Labute approximate surface area is 183 Å². The second-order valence-corrected chi connectivity index (χ2v) is 9.49. The van der Waals surface area contributed by atoms with Crippen molar-refractivity contribution in [3.63, 3.8) is 0 Å². The molecule has 2 unspecified atom stereocenters. The molecule has 1 aromatic carbocycles. The van der Waals surface area contributed by atoms with Gasteiger partial charge in [0.15, 0.2) is 0 Å². The maximum absolute atomic E-state index is 4.64. The Morgan fingerprint density at radius 2 is 2.17 bits per heavy atom. The quantitative estimate of drug-likeness (QED) is 0.577. The highest BCUT2D eigenvalue weighted by Crippen LogP contribution is 2.35. The van der Waals surface area contributed by atoms with Gasteiger partial charge in [-0.1, -0.05) is 49.7 Å². The number of nitrogens with one attached hydrogen (secondary N) is 1. The standard InChI is InChI=1S/C24H31N5S/c1-3-4-7-20(15-19-16-25-23-9-6-5-8-22(19)23)28-12-13-30-24(28)27-10-11-29-21(17-27)14-18(2)26-29/h5-6,8-9,12-14,16,20,24-25H,3-4,7,10-11,15,17H2,1-2H3. The Kier molecular flexibility index (Phi) is 5.61. The van der Waals surface area contributed by atoms with Gasteiger partial charge in [0, 0.05) is 42.4 Å². The first kappa shape index (κ1) is 19.8. The van der Waals surface area contributed by atoms with Crippen molar-refractivity contribution in [1.82, 2.24) is 24.6 Å². The van der Waals surface area contributed by atoms with Gasteiger partial charge in [-0.05, 0) is 42.9 Å². The number of benzene rings is 1. The molecule has 6 heteroatoms. The van der Waals surface area contributed by atoms with Gasteiger partial charge in [0.1, 0.15) is 5.50 Å². The normalized spacial score (nSPS) is 20.2. The number of hydrogen-bond acceptors (Lipinski definition) is 4. The van der Waals surface area contributed by atoms with Gasteiger partial charge in [-0.25, -0.2) is 0 Å². The summed E-state index contributed by atoms with van der Waals surface area (Å²) >= 11 is 1.95. The van der Waals surface area contributed by atoms with Crippen LogP contribution in [0.1, 0.15) is 43.1 Å². The average molecular weight is 422 g/mol. The third kappa shape index (κ3) is 3.79. The van der Waals surface area contributed by atoms with Crippen molar-refractivity contribution in [1.29, 1.82) is 0 Å². The van der Waals surface area contributed by atoms with Crippen LogP contribution in [0.3, 0.4) is 0 Å². The Morgan fingerprint density at radius 3 is 3.07 bits per heavy atom. The van der Waals surface area contributed by atoms with E-state index in [4.69, 9.17) is 0 Å². The van der Waals surface area contributed by atoms with E-state index in [2.05, 4.69) is 86.5 Å². The maximum Gasteiger partial charge on any atom is 0.135 e. The Bertz CT molecular complexity index is 1040. The van der Waals surface area contributed by atoms with E-state index in [-0.39, 0.29) is 0 Å². The molecule has 0 saturated carbocycles. The van der Waals surface area contributed by atoms with Crippen LogP contribution in [0.15, 0.2) is 48.1 Å². The number of aromatic nitrogens is 3. The third-order valence-electron chi connectivity index (χ3n) is 6.39. The third-order valence-corrected chi connectivity index (χ3v) is 7.46. The molecule has 0 amide bonds. The zero-order valence-corrected chi connectivity index (χ0v) is 18.7. The highest BCUT2D eigenvalue weighted by Gasteiger charge is 2.34. The zero-order valence-electron chi connectivity index (χ0n) is 17.9. The minimum atomic E-state index is 0.376. The molecule has 0 fully saturated rings. The molecule has 0 aliphatic carbocycles. The topological polar surface area (TPSA) is 40.1 Å². The van der Waals surface area contributed by atoms with Crippen LogP contribution in [0.5, 0.6) is 0 Å². The molecule has 30 heavy (non-hydrogen) atoms. The number of nitrogens with zero attached hydrogens (tertiary/aromatic N) is 4. The summed E-state index contributed by atoms with van der Waals surface area (Å²) in [6.45, 7) is 7.40. The molecule has 2 atom stereocenters. The SMILES string of the molecule is CCCCC(Cc1c[nH]c2ccccc12)N1C=CSC1N1CCn2nc(C)cc2C1. The number of hydrogen-bond donors (Lipinski definition) is 1. The fourth-order valence-corrected chi connectivity index (χ4v) is 5.95. The van der Waals surface area contributed by atoms with Crippen LogP contribution in [0.4, 0.5) is 0 Å². The molecule has 2 aromatic heterocycles. The average Bonchev–Trinajstić information content (AvgIpc) is 3.48. The van der Waals surface area contributed by atoms with E-state index >= 15 is 0 Å². The van der Waals surface area contributed by atoms with E-state index in [1.807, 2.05) is 11.8 Å². The van der Waals surface area contributed by atoms with Crippen LogP contribution in [0.25, 0.3) is 10.9 Å². The van der Waals surface area contributed by atoms with Crippen molar-refractivity contribution < 1.29 is 0 Å². The number of rotatable bonds is 7. The predicted molar refractivity (Wildman–Crippen MR) is 125 cm³/mol. The lowest BCUT2D eigenvalue weighted by atomic mass is 9.99. The van der Waals surface area contributed by atoms with Crippen LogP contribution < -0.4 is 0 Å². The first-order chi connectivity index (χ1) is 14.7. The van der Waals surface area contributed by atoms with E-state index in [1.165, 1.54) is 41.4 Å². The first-order valence-electron chi connectivity index (χ1n) is 11.1. The molecule has 4 heterocycles. The number of aryl methyl sites for hydroxylation is 1. The summed E-state index contributed by atoms with van der Waals surface area (Å²) in [6.07, 6.45) is 9.36. The molecule has 5 nitrogen and oxygen atoms in total. The van der Waals surface area contributed by atoms with Crippen LogP contribution in [-0.4, -0.2) is 42.6 Å². The van der Waals surface area contributed by atoms with Gasteiger partial charge in [0.05, 0.1) is 17.9 Å². The Hall–Kier alpha value is -2.18. The molecule has 158 valence electrons. The lowest BCUT2D eigenvalue weighted by Gasteiger charge is -2.41. The summed E-state index contributed by atoms with van der Waals surface area (Å²) in [4.78, 5) is 8.71. The molecule has 2 aliphatic rings. The van der Waals surface area contributed by atoms with Crippen LogP contribution in [0, 0.1) is 6.92 Å². The van der Waals surface area contributed by atoms with E-state index < -0.39 is 0 Å². The summed E-state index contributed by atoms with van der Waals surface area (Å²) in [5, 5.41) is 8.29.